The molecular formula is C32H48O2. The fourth-order valence-electron chi connectivity index (χ4n) is 10.6. The van der Waals surface area contributed by atoms with Crippen molar-refractivity contribution in [2.75, 3.05) is 0 Å². The smallest absolute Gasteiger partial charge is 0.159 e. The Labute approximate surface area is 208 Å². The van der Waals surface area contributed by atoms with E-state index in [1.54, 1.807) is 5.57 Å². The van der Waals surface area contributed by atoms with Crippen LogP contribution in [-0.4, -0.2) is 11.9 Å². The van der Waals surface area contributed by atoms with Crippen molar-refractivity contribution in [3.05, 3.63) is 29.2 Å². The molecule has 0 aromatic carbocycles. The second kappa shape index (κ2) is 8.12. The van der Waals surface area contributed by atoms with E-state index in [0.29, 0.717) is 40.5 Å². The highest BCUT2D eigenvalue weighted by molar-refractivity contribution is 6.00. The van der Waals surface area contributed by atoms with Gasteiger partial charge in [-0.25, -0.2) is 0 Å². The number of fused-ring (bicyclic) bond motifs is 7. The normalized spacial score (nSPS) is 47.9. The van der Waals surface area contributed by atoms with E-state index in [4.69, 9.17) is 4.74 Å². The van der Waals surface area contributed by atoms with Crippen LogP contribution in [0.2, 0.25) is 0 Å². The number of rotatable bonds is 3. The van der Waals surface area contributed by atoms with Crippen molar-refractivity contribution in [3.63, 3.8) is 0 Å². The van der Waals surface area contributed by atoms with Crippen LogP contribution in [0, 0.1) is 51.8 Å². The fourth-order valence-corrected chi connectivity index (χ4v) is 10.6. The summed E-state index contributed by atoms with van der Waals surface area (Å²) < 4.78 is 6.30. The maximum atomic E-state index is 13.1. The van der Waals surface area contributed by atoms with Crippen molar-refractivity contribution in [1.82, 2.24) is 0 Å². The first-order chi connectivity index (χ1) is 16.0. The zero-order valence-electron chi connectivity index (χ0n) is 22.9. The van der Waals surface area contributed by atoms with Crippen molar-refractivity contribution in [1.29, 1.82) is 0 Å². The van der Waals surface area contributed by atoms with Gasteiger partial charge in [0.2, 0.25) is 0 Å². The van der Waals surface area contributed by atoms with Gasteiger partial charge >= 0.3 is 0 Å². The van der Waals surface area contributed by atoms with Crippen LogP contribution in [0.5, 0.6) is 0 Å². The average molecular weight is 465 g/mol. The lowest BCUT2D eigenvalue weighted by Crippen LogP contribution is -2.60. The van der Waals surface area contributed by atoms with Gasteiger partial charge < -0.3 is 4.74 Å². The Hall–Kier alpha value is -1.27. The van der Waals surface area contributed by atoms with E-state index in [0.717, 1.165) is 36.4 Å². The van der Waals surface area contributed by atoms with Gasteiger partial charge in [0, 0.05) is 13.3 Å². The minimum absolute atomic E-state index is 0.141. The van der Waals surface area contributed by atoms with Crippen LogP contribution in [0.4, 0.5) is 0 Å². The molecule has 9 unspecified atom stereocenters. The highest BCUT2D eigenvalue weighted by Crippen LogP contribution is 2.71. The molecule has 2 nitrogen and oxygen atoms in total. The third kappa shape index (κ3) is 3.30. The third-order valence-electron chi connectivity index (χ3n) is 12.0. The Morgan fingerprint density at radius 3 is 2.32 bits per heavy atom. The molecule has 0 amide bonds. The summed E-state index contributed by atoms with van der Waals surface area (Å²) >= 11 is 0. The number of carbonyl (C=O) groups excluding carboxylic acids is 1. The molecule has 5 rings (SSSR count). The number of ether oxygens (including phenoxy) is 1. The lowest BCUT2D eigenvalue weighted by molar-refractivity contribution is -0.180. The monoisotopic (exact) mass is 464 g/mol. The Balaban J connectivity index is 1.46. The summed E-state index contributed by atoms with van der Waals surface area (Å²) in [4.78, 5) is 13.1. The van der Waals surface area contributed by atoms with Crippen LogP contribution in [0.25, 0.3) is 0 Å². The second-order valence-electron chi connectivity index (χ2n) is 14.0. The second-order valence-corrected chi connectivity index (χ2v) is 14.0. The molecule has 0 N–H and O–H groups in total. The van der Waals surface area contributed by atoms with Crippen molar-refractivity contribution in [2.45, 2.75) is 112 Å². The summed E-state index contributed by atoms with van der Waals surface area (Å²) in [5.41, 5.74) is 6.75. The van der Waals surface area contributed by atoms with Crippen LogP contribution in [-0.2, 0) is 9.53 Å². The van der Waals surface area contributed by atoms with Gasteiger partial charge in [-0.3, -0.25) is 4.79 Å². The molecule has 0 saturated heterocycles. The molecular weight excluding hydrogens is 416 g/mol. The van der Waals surface area contributed by atoms with Crippen LogP contribution < -0.4 is 0 Å². The topological polar surface area (TPSA) is 26.3 Å². The van der Waals surface area contributed by atoms with E-state index in [1.807, 2.05) is 6.92 Å². The molecule has 0 heterocycles. The molecule has 5 aliphatic rings. The zero-order chi connectivity index (χ0) is 24.6. The Morgan fingerprint density at radius 1 is 1.00 bits per heavy atom. The van der Waals surface area contributed by atoms with Gasteiger partial charge in [-0.2, -0.15) is 0 Å². The zero-order valence-corrected chi connectivity index (χ0v) is 22.9. The predicted molar refractivity (Wildman–Crippen MR) is 139 cm³/mol. The lowest BCUT2D eigenvalue weighted by Gasteiger charge is -2.67. The molecule has 4 fully saturated rings. The van der Waals surface area contributed by atoms with Gasteiger partial charge in [-0.05, 0) is 109 Å². The first kappa shape index (κ1) is 24.4. The molecule has 0 aromatic heterocycles. The van der Waals surface area contributed by atoms with Crippen LogP contribution >= 0.6 is 0 Å². The van der Waals surface area contributed by atoms with Gasteiger partial charge in [0.05, 0.1) is 0 Å². The van der Waals surface area contributed by atoms with Gasteiger partial charge in [0.15, 0.2) is 5.78 Å². The van der Waals surface area contributed by atoms with E-state index in [9.17, 15) is 4.79 Å². The van der Waals surface area contributed by atoms with E-state index >= 15 is 0 Å². The summed E-state index contributed by atoms with van der Waals surface area (Å²) in [6.07, 6.45) is 11.4. The molecule has 9 atom stereocenters. The maximum Gasteiger partial charge on any atom is 0.159 e. The highest BCUT2D eigenvalue weighted by atomic mass is 16.5. The molecule has 0 aliphatic heterocycles. The van der Waals surface area contributed by atoms with Gasteiger partial charge in [0.1, 0.15) is 11.9 Å². The summed E-state index contributed by atoms with van der Waals surface area (Å²) in [5.74, 6) is 5.20. The Bertz CT molecular complexity index is 950. The highest BCUT2D eigenvalue weighted by Gasteiger charge is 2.64. The molecule has 0 bridgehead atoms. The fraction of sp³-hybridized carbons (Fsp3) is 0.812. The van der Waals surface area contributed by atoms with Crippen molar-refractivity contribution >= 4 is 5.78 Å². The average Bonchev–Trinajstić information content (AvgIpc) is 3.05. The molecule has 4 saturated carbocycles. The number of allylic oxidation sites excluding steroid dienone is 3. The minimum atomic E-state index is 0.141. The summed E-state index contributed by atoms with van der Waals surface area (Å²) in [6, 6.07) is 0. The minimum Gasteiger partial charge on any atom is -0.487 e. The lowest BCUT2D eigenvalue weighted by atomic mass is 9.38. The third-order valence-corrected chi connectivity index (χ3v) is 12.0. The summed E-state index contributed by atoms with van der Waals surface area (Å²) in [5, 5.41) is 0. The van der Waals surface area contributed by atoms with E-state index in [2.05, 4.69) is 53.9 Å². The number of carbonyl (C=O) groups is 1. The summed E-state index contributed by atoms with van der Waals surface area (Å²) in [7, 11) is 0. The number of hydrogen-bond donors (Lipinski definition) is 0. The molecule has 2 heteroatoms. The van der Waals surface area contributed by atoms with Crippen LogP contribution in [0.1, 0.15) is 106 Å². The molecule has 0 spiro atoms. The maximum absolute atomic E-state index is 13.1. The Morgan fingerprint density at radius 2 is 1.65 bits per heavy atom. The largest absolute Gasteiger partial charge is 0.487 e. The van der Waals surface area contributed by atoms with Crippen molar-refractivity contribution < 1.29 is 9.53 Å². The van der Waals surface area contributed by atoms with E-state index in [1.165, 1.54) is 50.5 Å². The molecule has 34 heavy (non-hydrogen) atoms. The van der Waals surface area contributed by atoms with Crippen LogP contribution in [0.3, 0.4) is 0 Å². The van der Waals surface area contributed by atoms with Gasteiger partial charge in [-0.15, -0.1) is 0 Å². The summed E-state index contributed by atoms with van der Waals surface area (Å²) in [6.45, 7) is 20.5. The first-order valence-electron chi connectivity index (χ1n) is 14.3. The van der Waals surface area contributed by atoms with Crippen molar-refractivity contribution in [3.8, 4) is 0 Å². The van der Waals surface area contributed by atoms with Gasteiger partial charge in [0.25, 0.3) is 0 Å². The molecule has 0 aromatic rings. The number of ketones is 1. The quantitative estimate of drug-likeness (QED) is 0.310. The van der Waals surface area contributed by atoms with Crippen molar-refractivity contribution in [2.24, 2.45) is 51.8 Å². The first-order valence-corrected chi connectivity index (χ1v) is 14.3. The Kier molecular flexibility index (Phi) is 5.84. The SMILES string of the molecule is C=C=C(C)OC1CCC2(C)C(CCC3(C)C4CCC5(C)CC(=O)C(C(C)C)=C5C4CCC32)C1C. The van der Waals surface area contributed by atoms with Gasteiger partial charge in [-0.1, -0.05) is 59.4 Å². The molecule has 188 valence electrons. The molecule has 5 aliphatic carbocycles. The number of Topliss-reactive ketones (excluding diaryl/α,β-unsaturated/α-hetero) is 1. The molecule has 0 radical (unpaired) electrons. The predicted octanol–water partition coefficient (Wildman–Crippen LogP) is 8.28. The standard InChI is InChI=1S/C32H48O2/c1-9-20(4)34-26-14-17-31(7)23(21(26)5)13-16-32(8)24-12-15-30(6)18-25(33)28(19(2)3)29(30)22(24)10-11-27(31)32/h19,21-24,26-27H,1,10-18H2,2-8H3. The van der Waals surface area contributed by atoms with E-state index < -0.39 is 0 Å². The number of hydrogen-bond acceptors (Lipinski definition) is 2. The van der Waals surface area contributed by atoms with Crippen LogP contribution in [0.15, 0.2) is 29.2 Å². The van der Waals surface area contributed by atoms with E-state index in [-0.39, 0.29) is 5.41 Å².